The maximum atomic E-state index is 13.1. The van der Waals surface area contributed by atoms with Crippen molar-refractivity contribution in [1.82, 2.24) is 9.78 Å². The van der Waals surface area contributed by atoms with Crippen molar-refractivity contribution >= 4 is 39.9 Å². The number of carbonyl (C=O) groups excluding carboxylic acids is 2. The Morgan fingerprint density at radius 3 is 2.59 bits per heavy atom. The number of nitrogens with one attached hydrogen (secondary N) is 2. The molecule has 0 bridgehead atoms. The number of carbonyl (C=O) groups is 2. The lowest BCUT2D eigenvalue weighted by molar-refractivity contribution is -0.154. The summed E-state index contributed by atoms with van der Waals surface area (Å²) in [6, 6.07) is 9.57. The Labute approximate surface area is 167 Å². The van der Waals surface area contributed by atoms with Gasteiger partial charge < -0.3 is 10.1 Å². The fraction of sp³-hybridized carbons (Fsp3) is 0.158. The smallest absolute Gasteiger partial charge is 0.328 e. The molecule has 0 aliphatic heterocycles. The van der Waals surface area contributed by atoms with Crippen molar-refractivity contribution in [3.05, 3.63) is 74.0 Å². The third-order valence-corrected chi connectivity index (χ3v) is 4.35. The first-order valence-corrected chi connectivity index (χ1v) is 8.81. The highest BCUT2D eigenvalue weighted by Gasteiger charge is 2.20. The molecule has 1 aromatic heterocycles. The molecule has 2 N–H and O–H groups in total. The number of aromatic nitrogens is 2. The van der Waals surface area contributed by atoms with Gasteiger partial charge in [-0.05, 0) is 37.3 Å². The monoisotopic (exact) mass is 419 g/mol. The van der Waals surface area contributed by atoms with Crippen LogP contribution in [0.25, 0.3) is 10.8 Å². The molecular weight excluding hydrogens is 405 g/mol. The molecule has 10 heteroatoms. The maximum Gasteiger partial charge on any atom is 0.328 e. The van der Waals surface area contributed by atoms with Gasteiger partial charge >= 0.3 is 5.97 Å². The van der Waals surface area contributed by atoms with Crippen molar-refractivity contribution < 1.29 is 18.7 Å². The Morgan fingerprint density at radius 2 is 1.90 bits per heavy atom. The predicted molar refractivity (Wildman–Crippen MR) is 104 cm³/mol. The largest absolute Gasteiger partial charge is 0.451 e. The zero-order valence-electron chi connectivity index (χ0n) is 15.1. The van der Waals surface area contributed by atoms with Crippen LogP contribution in [-0.2, 0) is 20.9 Å². The van der Waals surface area contributed by atoms with E-state index in [2.05, 4.69) is 10.4 Å². The number of H-pyrrole nitrogens is 1. The van der Waals surface area contributed by atoms with Gasteiger partial charge in [-0.1, -0.05) is 23.7 Å². The molecule has 0 fully saturated rings. The molecular formula is C19H15ClFN3O5. The number of halogens is 2. The topological polar surface area (TPSA) is 110 Å². The van der Waals surface area contributed by atoms with Crippen molar-refractivity contribution in [2.24, 2.45) is 0 Å². The average molecular weight is 420 g/mol. The van der Waals surface area contributed by atoms with E-state index < -0.39 is 41.5 Å². The lowest BCUT2D eigenvalue weighted by atomic mass is 10.2. The van der Waals surface area contributed by atoms with Crippen molar-refractivity contribution in [3.63, 3.8) is 0 Å². The second-order valence-electron chi connectivity index (χ2n) is 6.12. The molecule has 0 aliphatic rings. The first-order valence-electron chi connectivity index (χ1n) is 8.43. The predicted octanol–water partition coefficient (Wildman–Crippen LogP) is 2.05. The number of amides is 1. The van der Waals surface area contributed by atoms with Crippen LogP contribution < -0.4 is 16.4 Å². The SMILES string of the molecule is C[C@H](OC(=O)Cn1[nH]c(=O)c2ccccc2c1=O)C(=O)Nc1ccc(F)cc1Cl. The summed E-state index contributed by atoms with van der Waals surface area (Å²) in [6.45, 7) is 0.727. The van der Waals surface area contributed by atoms with E-state index in [4.69, 9.17) is 16.3 Å². The van der Waals surface area contributed by atoms with Gasteiger partial charge in [-0.15, -0.1) is 0 Å². The first kappa shape index (κ1) is 20.3. The third kappa shape index (κ3) is 4.52. The van der Waals surface area contributed by atoms with E-state index in [-0.39, 0.29) is 21.5 Å². The van der Waals surface area contributed by atoms with Crippen LogP contribution in [-0.4, -0.2) is 27.8 Å². The summed E-state index contributed by atoms with van der Waals surface area (Å²) in [5.41, 5.74) is -0.965. The van der Waals surface area contributed by atoms with Crippen LogP contribution in [0.4, 0.5) is 10.1 Å². The Bertz CT molecular complexity index is 1220. The normalized spacial score (nSPS) is 11.8. The van der Waals surface area contributed by atoms with E-state index >= 15 is 0 Å². The van der Waals surface area contributed by atoms with Gasteiger partial charge in [0.15, 0.2) is 6.10 Å². The molecule has 3 rings (SSSR count). The lowest BCUT2D eigenvalue weighted by Gasteiger charge is -2.15. The molecule has 0 unspecified atom stereocenters. The number of fused-ring (bicyclic) bond motifs is 1. The zero-order chi connectivity index (χ0) is 21.1. The summed E-state index contributed by atoms with van der Waals surface area (Å²) in [5, 5.41) is 5.05. The lowest BCUT2D eigenvalue weighted by Crippen LogP contribution is -2.36. The summed E-state index contributed by atoms with van der Waals surface area (Å²) < 4.78 is 18.9. The molecule has 8 nitrogen and oxygen atoms in total. The third-order valence-electron chi connectivity index (χ3n) is 4.04. The van der Waals surface area contributed by atoms with Crippen LogP contribution in [0.2, 0.25) is 5.02 Å². The van der Waals surface area contributed by atoms with E-state index in [1.54, 1.807) is 12.1 Å². The van der Waals surface area contributed by atoms with Gasteiger partial charge in [-0.3, -0.25) is 24.3 Å². The van der Waals surface area contributed by atoms with E-state index in [1.807, 2.05) is 0 Å². The standard InChI is InChI=1S/C19H15ClFN3O5/c1-10(17(26)22-15-7-6-11(21)8-14(15)20)29-16(25)9-24-19(28)13-5-3-2-4-12(13)18(27)23-24/h2-8,10H,9H2,1H3,(H,22,26)(H,23,27)/t10-/m0/s1. The molecule has 150 valence electrons. The molecule has 0 spiro atoms. The minimum Gasteiger partial charge on any atom is -0.451 e. The highest BCUT2D eigenvalue weighted by molar-refractivity contribution is 6.33. The molecule has 29 heavy (non-hydrogen) atoms. The molecule has 1 heterocycles. The first-order chi connectivity index (χ1) is 13.8. The van der Waals surface area contributed by atoms with E-state index in [1.165, 1.54) is 25.1 Å². The Kier molecular flexibility index (Phi) is 5.79. The Hall–Kier alpha value is -3.46. The fourth-order valence-electron chi connectivity index (χ4n) is 2.60. The number of esters is 1. The number of rotatable bonds is 5. The van der Waals surface area contributed by atoms with Crippen LogP contribution >= 0.6 is 11.6 Å². The van der Waals surface area contributed by atoms with Gasteiger partial charge in [0.25, 0.3) is 17.0 Å². The van der Waals surface area contributed by atoms with Crippen molar-refractivity contribution in [2.75, 3.05) is 5.32 Å². The van der Waals surface area contributed by atoms with Crippen LogP contribution in [0.5, 0.6) is 0 Å². The molecule has 1 atom stereocenters. The van der Waals surface area contributed by atoms with E-state index in [9.17, 15) is 23.6 Å². The maximum absolute atomic E-state index is 13.1. The fourth-order valence-corrected chi connectivity index (χ4v) is 2.81. The number of aromatic amines is 1. The highest BCUT2D eigenvalue weighted by Crippen LogP contribution is 2.22. The summed E-state index contributed by atoms with van der Waals surface area (Å²) in [4.78, 5) is 48.8. The van der Waals surface area contributed by atoms with Crippen LogP contribution in [0.15, 0.2) is 52.1 Å². The van der Waals surface area contributed by atoms with Gasteiger partial charge in [-0.2, -0.15) is 0 Å². The minimum absolute atomic E-state index is 0.0165. The quantitative estimate of drug-likeness (QED) is 0.615. The van der Waals surface area contributed by atoms with Crippen molar-refractivity contribution in [3.8, 4) is 0 Å². The minimum atomic E-state index is -1.23. The summed E-state index contributed by atoms with van der Waals surface area (Å²) >= 11 is 5.84. The van der Waals surface area contributed by atoms with Crippen molar-refractivity contribution in [2.45, 2.75) is 19.6 Å². The van der Waals surface area contributed by atoms with Crippen LogP contribution in [0.3, 0.4) is 0 Å². The summed E-state index contributed by atoms with van der Waals surface area (Å²) in [7, 11) is 0. The molecule has 0 saturated carbocycles. The van der Waals surface area contributed by atoms with Gasteiger partial charge in [0.2, 0.25) is 0 Å². The molecule has 0 aliphatic carbocycles. The second-order valence-corrected chi connectivity index (χ2v) is 6.53. The highest BCUT2D eigenvalue weighted by atomic mass is 35.5. The number of anilines is 1. The summed E-state index contributed by atoms with van der Waals surface area (Å²) in [5.74, 6) is -2.18. The second kappa shape index (κ2) is 8.27. The van der Waals surface area contributed by atoms with E-state index in [0.717, 1.165) is 16.8 Å². The molecule has 3 aromatic rings. The molecule has 0 saturated heterocycles. The average Bonchev–Trinajstić information content (AvgIpc) is 2.68. The molecule has 1 amide bonds. The number of hydrogen-bond acceptors (Lipinski definition) is 5. The number of ether oxygens (including phenoxy) is 1. The Morgan fingerprint density at radius 1 is 1.21 bits per heavy atom. The van der Waals surface area contributed by atoms with E-state index in [0.29, 0.717) is 0 Å². The number of benzene rings is 2. The van der Waals surface area contributed by atoms with Gasteiger partial charge in [0, 0.05) is 0 Å². The van der Waals surface area contributed by atoms with Gasteiger partial charge in [0.05, 0.1) is 21.5 Å². The summed E-state index contributed by atoms with van der Waals surface area (Å²) in [6.07, 6.45) is -1.23. The molecule has 0 radical (unpaired) electrons. The number of hydrogen-bond donors (Lipinski definition) is 2. The van der Waals surface area contributed by atoms with Crippen molar-refractivity contribution in [1.29, 1.82) is 0 Å². The van der Waals surface area contributed by atoms with Gasteiger partial charge in [0.1, 0.15) is 12.4 Å². The number of nitrogens with zero attached hydrogens (tertiary/aromatic N) is 1. The van der Waals surface area contributed by atoms with Crippen LogP contribution in [0, 0.1) is 5.82 Å². The van der Waals surface area contributed by atoms with Gasteiger partial charge in [-0.25, -0.2) is 9.07 Å². The molecule has 2 aromatic carbocycles. The van der Waals surface area contributed by atoms with Crippen LogP contribution in [0.1, 0.15) is 6.92 Å². The zero-order valence-corrected chi connectivity index (χ0v) is 15.8. The Balaban J connectivity index is 1.69.